The van der Waals surface area contributed by atoms with E-state index in [1.165, 1.54) is 23.1 Å². The summed E-state index contributed by atoms with van der Waals surface area (Å²) >= 11 is 5.78. The lowest BCUT2D eigenvalue weighted by Crippen LogP contribution is -2.40. The Morgan fingerprint density at radius 2 is 1.76 bits per heavy atom. The first kappa shape index (κ1) is 25.2. The van der Waals surface area contributed by atoms with Crippen LogP contribution in [-0.4, -0.2) is 39.7 Å². The smallest absolute Gasteiger partial charge is 0.315 e. The predicted molar refractivity (Wildman–Crippen MR) is 133 cm³/mol. The van der Waals surface area contributed by atoms with Crippen LogP contribution in [0.25, 0.3) is 5.69 Å². The summed E-state index contributed by atoms with van der Waals surface area (Å²) < 4.78 is 15.1. The summed E-state index contributed by atoms with van der Waals surface area (Å²) in [6, 6.07) is 13.1. The number of aromatic nitrogens is 2. The number of anilines is 2. The minimum atomic E-state index is -0.578. The number of aryl methyl sites for hydroxylation is 1. The molecule has 0 aliphatic rings. The number of urea groups is 1. The number of carbonyl (C=O) groups excluding carboxylic acids is 2. The number of amides is 3. The number of rotatable bonds is 6. The van der Waals surface area contributed by atoms with Gasteiger partial charge in [-0.2, -0.15) is 5.10 Å². The number of carbonyl (C=O) groups is 2. The largest absolute Gasteiger partial charge is 0.322 e. The molecule has 0 aliphatic heterocycles. The molecule has 0 spiro atoms. The van der Waals surface area contributed by atoms with Gasteiger partial charge in [-0.1, -0.05) is 50.1 Å². The normalized spacial score (nSPS) is 11.3. The molecule has 1 aromatic heterocycles. The SMILES string of the molecule is CCN(CC(=O)Nc1cc(C(C)(C)C)nn1-c1ccc(C)cc1)C(=O)Nc1ccc(F)c(Cl)c1. The van der Waals surface area contributed by atoms with Gasteiger partial charge in [-0.15, -0.1) is 0 Å². The van der Waals surface area contributed by atoms with Gasteiger partial charge in [0.15, 0.2) is 0 Å². The van der Waals surface area contributed by atoms with Crippen LogP contribution in [0.5, 0.6) is 0 Å². The van der Waals surface area contributed by atoms with Crippen LogP contribution in [0, 0.1) is 12.7 Å². The van der Waals surface area contributed by atoms with Crippen molar-refractivity contribution in [3.8, 4) is 5.69 Å². The average molecular weight is 486 g/mol. The van der Waals surface area contributed by atoms with E-state index in [1.54, 1.807) is 11.6 Å². The summed E-state index contributed by atoms with van der Waals surface area (Å²) in [6.45, 7) is 10.0. The maximum atomic E-state index is 13.4. The van der Waals surface area contributed by atoms with Crippen molar-refractivity contribution in [2.45, 2.75) is 40.0 Å². The van der Waals surface area contributed by atoms with Crippen molar-refractivity contribution in [2.75, 3.05) is 23.7 Å². The van der Waals surface area contributed by atoms with Crippen molar-refractivity contribution in [2.24, 2.45) is 0 Å². The van der Waals surface area contributed by atoms with Gasteiger partial charge in [0.05, 0.1) is 16.4 Å². The fourth-order valence-corrected chi connectivity index (χ4v) is 3.36. The van der Waals surface area contributed by atoms with E-state index < -0.39 is 11.8 Å². The molecule has 1 heterocycles. The van der Waals surface area contributed by atoms with Crippen LogP contribution < -0.4 is 10.6 Å². The summed E-state index contributed by atoms with van der Waals surface area (Å²) in [5.41, 5.74) is 2.87. The summed E-state index contributed by atoms with van der Waals surface area (Å²) in [7, 11) is 0. The molecule has 0 saturated carbocycles. The summed E-state index contributed by atoms with van der Waals surface area (Å²) in [4.78, 5) is 26.9. The Bertz CT molecular complexity index is 1190. The Kier molecular flexibility index (Phi) is 7.61. The molecule has 0 bridgehead atoms. The molecule has 2 N–H and O–H groups in total. The quantitative estimate of drug-likeness (QED) is 0.465. The van der Waals surface area contributed by atoms with Crippen LogP contribution in [0.4, 0.5) is 20.7 Å². The molecule has 3 amide bonds. The van der Waals surface area contributed by atoms with Gasteiger partial charge in [-0.25, -0.2) is 13.9 Å². The highest BCUT2D eigenvalue weighted by atomic mass is 35.5. The van der Waals surface area contributed by atoms with Crippen LogP contribution in [0.15, 0.2) is 48.5 Å². The molecule has 0 aliphatic carbocycles. The third kappa shape index (κ3) is 6.14. The van der Waals surface area contributed by atoms with Crippen molar-refractivity contribution >= 4 is 35.0 Å². The topological polar surface area (TPSA) is 79.3 Å². The second-order valence-electron chi connectivity index (χ2n) is 9.03. The molecular weight excluding hydrogens is 457 g/mol. The number of benzene rings is 2. The highest BCUT2D eigenvalue weighted by Crippen LogP contribution is 2.26. The van der Waals surface area contributed by atoms with E-state index >= 15 is 0 Å². The Morgan fingerprint density at radius 3 is 2.35 bits per heavy atom. The maximum Gasteiger partial charge on any atom is 0.322 e. The minimum Gasteiger partial charge on any atom is -0.315 e. The predicted octanol–water partition coefficient (Wildman–Crippen LogP) is 5.76. The molecule has 9 heteroatoms. The zero-order valence-electron chi connectivity index (χ0n) is 19.9. The Hall–Kier alpha value is -3.39. The second-order valence-corrected chi connectivity index (χ2v) is 9.44. The molecule has 0 unspecified atom stereocenters. The number of hydrogen-bond acceptors (Lipinski definition) is 3. The third-order valence-electron chi connectivity index (χ3n) is 5.20. The first-order valence-electron chi connectivity index (χ1n) is 11.0. The molecular formula is C25H29ClFN5O2. The maximum absolute atomic E-state index is 13.4. The summed E-state index contributed by atoms with van der Waals surface area (Å²) in [6.07, 6.45) is 0. The first-order chi connectivity index (χ1) is 16.0. The van der Waals surface area contributed by atoms with Gasteiger partial charge in [0, 0.05) is 23.7 Å². The molecule has 3 aromatic rings. The first-order valence-corrected chi connectivity index (χ1v) is 11.3. The van der Waals surface area contributed by atoms with Gasteiger partial charge in [0.2, 0.25) is 5.91 Å². The monoisotopic (exact) mass is 485 g/mol. The molecule has 0 fully saturated rings. The lowest BCUT2D eigenvalue weighted by Gasteiger charge is -2.21. The summed E-state index contributed by atoms with van der Waals surface area (Å²) in [5.74, 6) is -0.436. The van der Waals surface area contributed by atoms with Crippen molar-refractivity contribution in [3.63, 3.8) is 0 Å². The second kappa shape index (κ2) is 10.3. The van der Waals surface area contributed by atoms with Crippen LogP contribution in [0.1, 0.15) is 39.0 Å². The standard InChI is InChI=1S/C25H29ClFN5O2/c1-6-31(24(34)28-17-9-12-20(27)19(26)13-17)15-23(33)29-22-14-21(25(3,4)5)30-32(22)18-10-7-16(2)8-11-18/h7-14H,6,15H2,1-5H3,(H,28,34)(H,29,33). The van der Waals surface area contributed by atoms with Crippen LogP contribution in [-0.2, 0) is 10.2 Å². The number of halogens is 2. The van der Waals surface area contributed by atoms with Crippen LogP contribution in [0.3, 0.4) is 0 Å². The van der Waals surface area contributed by atoms with Crippen molar-refractivity contribution in [1.82, 2.24) is 14.7 Å². The minimum absolute atomic E-state index is 0.0994. The lowest BCUT2D eigenvalue weighted by atomic mass is 9.92. The third-order valence-corrected chi connectivity index (χ3v) is 5.49. The fraction of sp³-hybridized carbons (Fsp3) is 0.320. The molecule has 180 valence electrons. The molecule has 2 aromatic carbocycles. The van der Waals surface area contributed by atoms with Crippen molar-refractivity contribution in [3.05, 3.63) is 70.6 Å². The number of likely N-dealkylation sites (N-methyl/N-ethyl adjacent to an activating group) is 1. The van der Waals surface area contributed by atoms with E-state index in [-0.39, 0.29) is 22.9 Å². The van der Waals surface area contributed by atoms with E-state index in [1.807, 2.05) is 58.0 Å². The van der Waals surface area contributed by atoms with E-state index in [0.29, 0.717) is 18.1 Å². The average Bonchev–Trinajstić information content (AvgIpc) is 3.19. The van der Waals surface area contributed by atoms with E-state index in [2.05, 4.69) is 10.6 Å². The highest BCUT2D eigenvalue weighted by Gasteiger charge is 2.23. The molecule has 3 rings (SSSR count). The van der Waals surface area contributed by atoms with Crippen LogP contribution >= 0.6 is 11.6 Å². The van der Waals surface area contributed by atoms with E-state index in [9.17, 15) is 14.0 Å². The Morgan fingerprint density at radius 1 is 1.09 bits per heavy atom. The molecule has 34 heavy (non-hydrogen) atoms. The lowest BCUT2D eigenvalue weighted by molar-refractivity contribution is -0.116. The molecule has 0 radical (unpaired) electrons. The van der Waals surface area contributed by atoms with E-state index in [4.69, 9.17) is 16.7 Å². The van der Waals surface area contributed by atoms with Gasteiger partial charge in [0.1, 0.15) is 18.2 Å². The zero-order chi connectivity index (χ0) is 25.0. The number of hydrogen-bond donors (Lipinski definition) is 2. The molecule has 0 saturated heterocycles. The van der Waals surface area contributed by atoms with Gasteiger partial charge < -0.3 is 15.5 Å². The zero-order valence-corrected chi connectivity index (χ0v) is 20.7. The van der Waals surface area contributed by atoms with Gasteiger partial charge >= 0.3 is 6.03 Å². The number of nitrogens with zero attached hydrogens (tertiary/aromatic N) is 3. The van der Waals surface area contributed by atoms with Crippen molar-refractivity contribution in [1.29, 1.82) is 0 Å². The van der Waals surface area contributed by atoms with Crippen molar-refractivity contribution < 1.29 is 14.0 Å². The van der Waals surface area contributed by atoms with Gasteiger partial charge in [-0.05, 0) is 44.2 Å². The van der Waals surface area contributed by atoms with E-state index in [0.717, 1.165) is 16.9 Å². The molecule has 7 nitrogen and oxygen atoms in total. The molecule has 0 atom stereocenters. The van der Waals surface area contributed by atoms with Gasteiger partial charge in [0.25, 0.3) is 0 Å². The van der Waals surface area contributed by atoms with Crippen LogP contribution in [0.2, 0.25) is 5.02 Å². The highest BCUT2D eigenvalue weighted by molar-refractivity contribution is 6.31. The van der Waals surface area contributed by atoms with Gasteiger partial charge in [-0.3, -0.25) is 4.79 Å². The Labute approximate surface area is 203 Å². The fourth-order valence-electron chi connectivity index (χ4n) is 3.18. The Balaban J connectivity index is 1.76. The number of nitrogens with one attached hydrogen (secondary N) is 2. The summed E-state index contributed by atoms with van der Waals surface area (Å²) in [5, 5.41) is 10.1.